The normalized spacial score (nSPS) is 16.2. The van der Waals surface area contributed by atoms with Gasteiger partial charge in [-0.25, -0.2) is 0 Å². The van der Waals surface area contributed by atoms with Crippen molar-refractivity contribution in [3.8, 4) is 5.69 Å². The molecule has 0 saturated carbocycles. The Morgan fingerprint density at radius 2 is 1.28 bits per heavy atom. The van der Waals surface area contributed by atoms with E-state index in [9.17, 15) is 0 Å². The van der Waals surface area contributed by atoms with Crippen LogP contribution in [0, 0.1) is 0 Å². The fraction of sp³-hybridized carbons (Fsp3) is 0.0278. The van der Waals surface area contributed by atoms with Crippen LogP contribution in [0.2, 0.25) is 0 Å². The van der Waals surface area contributed by atoms with Gasteiger partial charge >= 0.3 is 0 Å². The number of aromatic nitrogens is 2. The standard InChI is InChI=1S/C36H24N3/c1-3-12-24(13-4-1)37-28-18-8-7-16-26(28)34-31(37)22-23-32-35(34)27-17-11-21-33-36(27)39(32)30-20-10-9-19-29(30)38(33)25-14-5-2-6-15-25/h1-23,30H/q+1. The molecule has 2 aromatic heterocycles. The topological polar surface area (TPSA) is 12.9 Å². The zero-order chi connectivity index (χ0) is 25.5. The highest BCUT2D eigenvalue weighted by Crippen LogP contribution is 2.47. The lowest BCUT2D eigenvalue weighted by molar-refractivity contribution is 0.781. The average molecular weight is 499 g/mol. The first kappa shape index (κ1) is 20.9. The first-order chi connectivity index (χ1) is 19.4. The second-order valence-electron chi connectivity index (χ2n) is 10.4. The molecule has 3 heterocycles. The third-order valence-corrected chi connectivity index (χ3v) is 8.38. The molecule has 0 saturated heterocycles. The maximum Gasteiger partial charge on any atom is 0.235 e. The van der Waals surface area contributed by atoms with Crippen LogP contribution in [0.15, 0.2) is 140 Å². The number of fused-ring (bicyclic) bond motifs is 9. The highest BCUT2D eigenvalue weighted by atomic mass is 15.2. The Labute approximate surface area is 225 Å². The van der Waals surface area contributed by atoms with Crippen molar-refractivity contribution in [2.24, 2.45) is 0 Å². The van der Waals surface area contributed by atoms with Crippen molar-refractivity contribution in [1.29, 1.82) is 0 Å². The van der Waals surface area contributed by atoms with E-state index >= 15 is 0 Å². The van der Waals surface area contributed by atoms with Gasteiger partial charge in [-0.05, 0) is 30.3 Å². The maximum absolute atomic E-state index is 2.56. The van der Waals surface area contributed by atoms with Crippen molar-refractivity contribution < 1.29 is 0 Å². The molecular weight excluding hydrogens is 474 g/mol. The van der Waals surface area contributed by atoms with Crippen LogP contribution in [0.25, 0.3) is 49.3 Å². The van der Waals surface area contributed by atoms with Gasteiger partial charge in [0, 0.05) is 51.5 Å². The molecule has 0 spiro atoms. The molecule has 0 amide bonds. The second kappa shape index (κ2) is 7.68. The van der Waals surface area contributed by atoms with Crippen molar-refractivity contribution >= 4 is 60.7 Å². The van der Waals surface area contributed by atoms with Crippen molar-refractivity contribution in [2.45, 2.75) is 6.04 Å². The Balaban J connectivity index is 1.48. The summed E-state index contributed by atoms with van der Waals surface area (Å²) in [4.78, 5) is 0. The number of benzene rings is 5. The predicted octanol–water partition coefficient (Wildman–Crippen LogP) is 8.85. The molecule has 0 N–H and O–H groups in total. The highest BCUT2D eigenvalue weighted by Gasteiger charge is 2.37. The monoisotopic (exact) mass is 498 g/mol. The molecule has 2 aliphatic rings. The van der Waals surface area contributed by atoms with E-state index in [1.54, 1.807) is 0 Å². The van der Waals surface area contributed by atoms with Gasteiger partial charge in [0.1, 0.15) is 11.6 Å². The Hall–Kier alpha value is -5.15. The van der Waals surface area contributed by atoms with E-state index in [1.807, 2.05) is 0 Å². The summed E-state index contributed by atoms with van der Waals surface area (Å²) in [7, 11) is 0. The molecule has 182 valence electrons. The zero-order valence-corrected chi connectivity index (χ0v) is 21.2. The number of nitrogens with zero attached hydrogens (tertiary/aromatic N) is 3. The Morgan fingerprint density at radius 3 is 2.15 bits per heavy atom. The fourth-order valence-electron chi connectivity index (χ4n) is 6.90. The van der Waals surface area contributed by atoms with Gasteiger partial charge in [0.15, 0.2) is 0 Å². The van der Waals surface area contributed by atoms with Crippen molar-refractivity contribution in [3.63, 3.8) is 0 Å². The van der Waals surface area contributed by atoms with Crippen LogP contribution in [-0.4, -0.2) is 14.8 Å². The van der Waals surface area contributed by atoms with E-state index in [-0.39, 0.29) is 6.04 Å². The van der Waals surface area contributed by atoms with Crippen LogP contribution in [-0.2, 0) is 0 Å². The number of para-hydroxylation sites is 4. The molecule has 5 aromatic carbocycles. The summed E-state index contributed by atoms with van der Waals surface area (Å²) in [6.07, 6.45) is 8.94. The SMILES string of the molecule is C1=CC2=[N+](c3ccccc3)c3cccc4c5c6c7ccccc7n(-c7ccccc7)c6ccc5n(c34)C2C=C1. The molecule has 0 bridgehead atoms. The lowest BCUT2D eigenvalue weighted by Gasteiger charge is -2.24. The van der Waals surface area contributed by atoms with Crippen LogP contribution >= 0.6 is 0 Å². The van der Waals surface area contributed by atoms with Gasteiger partial charge < -0.3 is 9.13 Å². The summed E-state index contributed by atoms with van der Waals surface area (Å²) in [6, 6.07) is 41.9. The van der Waals surface area contributed by atoms with E-state index < -0.39 is 0 Å². The largest absolute Gasteiger partial charge is 0.318 e. The van der Waals surface area contributed by atoms with Gasteiger partial charge in [0.05, 0.1) is 16.6 Å². The minimum Gasteiger partial charge on any atom is -0.318 e. The van der Waals surface area contributed by atoms with E-state index in [0.717, 1.165) is 0 Å². The van der Waals surface area contributed by atoms with Crippen LogP contribution in [0.5, 0.6) is 0 Å². The minimum atomic E-state index is 0.116. The Kier molecular flexibility index (Phi) is 4.11. The smallest absolute Gasteiger partial charge is 0.235 e. The first-order valence-corrected chi connectivity index (χ1v) is 13.5. The first-order valence-electron chi connectivity index (χ1n) is 13.5. The quantitative estimate of drug-likeness (QED) is 0.211. The second-order valence-corrected chi connectivity index (χ2v) is 10.4. The molecule has 7 aromatic rings. The summed E-state index contributed by atoms with van der Waals surface area (Å²) in [5.41, 5.74) is 9.90. The summed E-state index contributed by atoms with van der Waals surface area (Å²) in [5.74, 6) is 0. The van der Waals surface area contributed by atoms with Crippen LogP contribution in [0.3, 0.4) is 0 Å². The van der Waals surface area contributed by atoms with Gasteiger partial charge in [0.2, 0.25) is 17.1 Å². The molecule has 0 radical (unpaired) electrons. The Morgan fingerprint density at radius 1 is 0.564 bits per heavy atom. The predicted molar refractivity (Wildman–Crippen MR) is 164 cm³/mol. The van der Waals surface area contributed by atoms with E-state index in [2.05, 4.69) is 153 Å². The van der Waals surface area contributed by atoms with E-state index in [0.29, 0.717) is 0 Å². The number of allylic oxidation sites excluding steroid dienone is 4. The molecule has 1 unspecified atom stereocenters. The van der Waals surface area contributed by atoms with Gasteiger partial charge in [-0.3, -0.25) is 0 Å². The number of rotatable bonds is 2. The molecule has 0 fully saturated rings. The van der Waals surface area contributed by atoms with Crippen molar-refractivity contribution in [3.05, 3.63) is 140 Å². The van der Waals surface area contributed by atoms with Crippen molar-refractivity contribution in [1.82, 2.24) is 13.7 Å². The third kappa shape index (κ3) is 2.69. The molecule has 3 heteroatoms. The number of hydrogen-bond acceptors (Lipinski definition) is 0. The maximum atomic E-state index is 2.56. The minimum absolute atomic E-state index is 0.116. The molecular formula is C36H24N3+. The van der Waals surface area contributed by atoms with Crippen LogP contribution in [0.1, 0.15) is 6.04 Å². The lowest BCUT2D eigenvalue weighted by atomic mass is 10.0. The molecule has 39 heavy (non-hydrogen) atoms. The molecule has 1 atom stereocenters. The summed E-state index contributed by atoms with van der Waals surface area (Å²) >= 11 is 0. The van der Waals surface area contributed by atoms with Gasteiger partial charge in [-0.2, -0.15) is 4.58 Å². The van der Waals surface area contributed by atoms with Gasteiger partial charge in [-0.1, -0.05) is 85.0 Å². The zero-order valence-electron chi connectivity index (χ0n) is 21.2. The van der Waals surface area contributed by atoms with Crippen LogP contribution in [0.4, 0.5) is 11.4 Å². The molecule has 1 aliphatic heterocycles. The molecule has 1 aliphatic carbocycles. The summed E-state index contributed by atoms with van der Waals surface area (Å²) < 4.78 is 7.41. The number of hydrogen-bond donors (Lipinski definition) is 0. The Bertz CT molecular complexity index is 2210. The lowest BCUT2D eigenvalue weighted by Crippen LogP contribution is -2.30. The third-order valence-electron chi connectivity index (χ3n) is 8.38. The molecule has 9 rings (SSSR count). The van der Waals surface area contributed by atoms with E-state index in [4.69, 9.17) is 0 Å². The van der Waals surface area contributed by atoms with E-state index in [1.165, 1.54) is 66.4 Å². The van der Waals surface area contributed by atoms with Crippen molar-refractivity contribution in [2.75, 3.05) is 0 Å². The van der Waals surface area contributed by atoms with Crippen LogP contribution < -0.4 is 4.58 Å². The average Bonchev–Trinajstić information content (AvgIpc) is 3.52. The van der Waals surface area contributed by atoms with Gasteiger partial charge in [-0.15, -0.1) is 0 Å². The fourth-order valence-corrected chi connectivity index (χ4v) is 6.90. The summed E-state index contributed by atoms with van der Waals surface area (Å²) in [5, 5.41) is 5.23. The summed E-state index contributed by atoms with van der Waals surface area (Å²) in [6.45, 7) is 0. The molecule has 3 nitrogen and oxygen atoms in total. The van der Waals surface area contributed by atoms with Gasteiger partial charge in [0.25, 0.3) is 0 Å². The highest BCUT2D eigenvalue weighted by molar-refractivity contribution is 6.30.